The Morgan fingerprint density at radius 2 is 1.16 bits per heavy atom. The van der Waals surface area contributed by atoms with Gasteiger partial charge in [-0.05, 0) is 54.4 Å². The number of esters is 2. The number of hydrogen-bond acceptors (Lipinski definition) is 17. The molecule has 0 bridgehead atoms. The summed E-state index contributed by atoms with van der Waals surface area (Å²) < 4.78 is 37.4. The number of carboxylic acid groups (broad SMARTS) is 2. The summed E-state index contributed by atoms with van der Waals surface area (Å²) in [6, 6.07) is 6.65. The summed E-state index contributed by atoms with van der Waals surface area (Å²) in [5.74, 6) is -2.82. The predicted molar refractivity (Wildman–Crippen MR) is 328 cm³/mol. The topological polar surface area (TPSA) is 252 Å². The van der Waals surface area contributed by atoms with Crippen molar-refractivity contribution >= 4 is 109 Å². The maximum absolute atomic E-state index is 13.9. The van der Waals surface area contributed by atoms with Crippen molar-refractivity contribution in [1.82, 2.24) is 45.1 Å². The number of piperazine rings is 1. The number of urea groups is 2. The van der Waals surface area contributed by atoms with E-state index in [1.165, 1.54) is 79.7 Å². The third-order valence-electron chi connectivity index (χ3n) is 14.9. The Morgan fingerprint density at radius 1 is 0.698 bits per heavy atom. The number of fused-ring (bicyclic) bond motifs is 2. The summed E-state index contributed by atoms with van der Waals surface area (Å²) in [6.45, 7) is 12.4. The van der Waals surface area contributed by atoms with Crippen molar-refractivity contribution in [3.8, 4) is 0 Å². The van der Waals surface area contributed by atoms with Crippen molar-refractivity contribution in [2.45, 2.75) is 91.4 Å². The number of carboxylic acids is 2. The second-order valence-electron chi connectivity index (χ2n) is 22.6. The molecule has 0 aliphatic carbocycles. The summed E-state index contributed by atoms with van der Waals surface area (Å²) in [7, 11) is 2.59. The van der Waals surface area contributed by atoms with Crippen LogP contribution in [-0.4, -0.2) is 183 Å². The van der Waals surface area contributed by atoms with Gasteiger partial charge in [-0.15, -0.1) is 22.7 Å². The first-order valence-electron chi connectivity index (χ1n) is 27.2. The third kappa shape index (κ3) is 16.1. The molecule has 4 aromatic rings. The molecule has 464 valence electrons. The second kappa shape index (κ2) is 29.0. The lowest BCUT2D eigenvalue weighted by molar-refractivity contribution is -0.140. The lowest BCUT2D eigenvalue weighted by atomic mass is 9.89. The van der Waals surface area contributed by atoms with Gasteiger partial charge in [-0.1, -0.05) is 86.4 Å². The van der Waals surface area contributed by atoms with Gasteiger partial charge in [-0.2, -0.15) is 0 Å². The van der Waals surface area contributed by atoms with Crippen LogP contribution < -0.4 is 10.6 Å². The van der Waals surface area contributed by atoms with Crippen molar-refractivity contribution in [3.63, 3.8) is 0 Å². The number of ether oxygens (including phenoxy) is 2. The molecule has 8 heterocycles. The fourth-order valence-electron chi connectivity index (χ4n) is 11.3. The second-order valence-corrected chi connectivity index (χ2v) is 25.8. The van der Waals surface area contributed by atoms with E-state index in [0.717, 1.165) is 25.9 Å². The lowest BCUT2D eigenvalue weighted by Gasteiger charge is -2.38. The molecule has 6 aliphatic heterocycles. The maximum Gasteiger partial charge on any atom is 0.338 e. The SMILES string of the molecule is C.CC(C)(CC(=O)O)CN1C[C@@H]2CCCCN2C1=O.COC(=O)C1=C(CBr)NC(c2nccs2)=N[C@H]1c1ccc(F)cc1Cl.COC(=O)C1=C(CN2CCN3C(=O)N(CC(C)(C)CC(=O)O)C[C@@H]3C2)NC(c2nccs2)=N[C@H]1c1ccc(F)cc1Cl. The summed E-state index contributed by atoms with van der Waals surface area (Å²) in [5, 5.41) is 30.2. The fourth-order valence-corrected chi connectivity index (χ4v) is 13.5. The van der Waals surface area contributed by atoms with E-state index in [0.29, 0.717) is 107 Å². The monoisotopic (exact) mass is 1330 g/mol. The van der Waals surface area contributed by atoms with Crippen molar-refractivity contribution < 1.29 is 57.2 Å². The summed E-state index contributed by atoms with van der Waals surface area (Å²) in [4.78, 5) is 101. The zero-order valence-electron chi connectivity index (χ0n) is 47.6. The van der Waals surface area contributed by atoms with Gasteiger partial charge in [0.15, 0.2) is 21.7 Å². The number of amides is 4. The number of hydrogen-bond donors (Lipinski definition) is 4. The van der Waals surface area contributed by atoms with Gasteiger partial charge in [0, 0.05) is 120 Å². The molecule has 0 unspecified atom stereocenters. The molecule has 4 saturated heterocycles. The number of nitrogens with one attached hydrogen (secondary N) is 2. The minimum atomic E-state index is -0.897. The molecule has 0 saturated carbocycles. The lowest BCUT2D eigenvalue weighted by Crippen LogP contribution is -2.53. The standard InChI is InChI=1S/C28H32ClFN6O5S.C16H12BrClFN3O2S.C13H22N2O3.CH4/c1-28(2,11-21(37)38)15-35-13-17-12-34(7-8-36(17)27(35)40)14-20-22(26(39)41-3)23(18-5-4-16(30)10-19(18)29)33-24(32-20)25-31-6-9-42-25;1-24-16(23)12-11(7-17)21-14(15-20-4-5-25-15)22-13(12)9-3-2-8(19)6-10(9)18;1-13(2,7-11(16)17)9-14-8-10-5-3-4-6-15(10)12(14)18;/h4-6,9-10,17,23H,7-8,11-15H2,1-3H3,(H,32,33)(H,37,38);2-6,13H,7H2,1H3,(H,21,22);10H,3-9H2,1-2H3,(H,16,17);1H4/t17-,23-;13-;10-;/m000./s1. The van der Waals surface area contributed by atoms with Crippen LogP contribution in [-0.2, 0) is 28.7 Å². The van der Waals surface area contributed by atoms with Gasteiger partial charge in [0.25, 0.3) is 0 Å². The molecular weight excluding hydrogens is 1260 g/mol. The molecule has 4 amide bonds. The van der Waals surface area contributed by atoms with Crippen LogP contribution in [0.5, 0.6) is 0 Å². The van der Waals surface area contributed by atoms with E-state index in [2.05, 4.69) is 46.4 Å². The molecule has 0 spiro atoms. The highest BCUT2D eigenvalue weighted by molar-refractivity contribution is 9.09. The molecule has 2 aromatic heterocycles. The number of amidine groups is 2. The molecule has 10 rings (SSSR count). The maximum atomic E-state index is 13.9. The van der Waals surface area contributed by atoms with Crippen LogP contribution in [0.15, 0.2) is 92.1 Å². The Hall–Kier alpha value is -6.58. The molecule has 21 nitrogen and oxygen atoms in total. The van der Waals surface area contributed by atoms with E-state index >= 15 is 0 Å². The number of benzene rings is 2. The normalized spacial score (nSPS) is 20.5. The van der Waals surface area contributed by atoms with Crippen molar-refractivity contribution in [2.24, 2.45) is 20.8 Å². The van der Waals surface area contributed by atoms with Crippen molar-refractivity contribution in [1.29, 1.82) is 0 Å². The number of methoxy groups -OCH3 is 2. The number of thiazole rings is 2. The Kier molecular flexibility index (Phi) is 22.5. The van der Waals surface area contributed by atoms with Gasteiger partial charge in [-0.3, -0.25) is 24.5 Å². The minimum absolute atomic E-state index is 0. The van der Waals surface area contributed by atoms with E-state index in [-0.39, 0.29) is 59.4 Å². The molecule has 28 heteroatoms. The number of halogens is 5. The molecule has 4 N–H and O–H groups in total. The number of allylic oxidation sites excluding steroid dienone is 1. The Bertz CT molecular complexity index is 3300. The van der Waals surface area contributed by atoms with E-state index < -0.39 is 53.0 Å². The van der Waals surface area contributed by atoms with Crippen LogP contribution in [0.2, 0.25) is 10.0 Å². The van der Waals surface area contributed by atoms with E-state index in [4.69, 9.17) is 42.8 Å². The largest absolute Gasteiger partial charge is 0.481 e. The average molecular weight is 1330 g/mol. The Balaban J connectivity index is 0.000000203. The van der Waals surface area contributed by atoms with Gasteiger partial charge in [0.05, 0.1) is 50.3 Å². The molecule has 0 radical (unpaired) electrons. The highest BCUT2D eigenvalue weighted by Crippen LogP contribution is 2.40. The zero-order chi connectivity index (χ0) is 61.5. The van der Waals surface area contributed by atoms with Crippen LogP contribution in [0.3, 0.4) is 0 Å². The molecule has 86 heavy (non-hydrogen) atoms. The Labute approximate surface area is 524 Å². The number of alkyl halides is 1. The minimum Gasteiger partial charge on any atom is -0.481 e. The highest BCUT2D eigenvalue weighted by atomic mass is 79.9. The number of carbonyl (C=O) groups excluding carboxylic acids is 4. The van der Waals surface area contributed by atoms with Gasteiger partial charge in [0.1, 0.15) is 23.7 Å². The van der Waals surface area contributed by atoms with Gasteiger partial charge in [-0.25, -0.2) is 37.9 Å². The van der Waals surface area contributed by atoms with Crippen LogP contribution in [0.1, 0.15) is 100 Å². The zero-order valence-corrected chi connectivity index (χ0v) is 52.3. The van der Waals surface area contributed by atoms with Crippen LogP contribution in [0.4, 0.5) is 18.4 Å². The predicted octanol–water partition coefficient (Wildman–Crippen LogP) is 9.64. The van der Waals surface area contributed by atoms with Gasteiger partial charge < -0.3 is 49.9 Å². The highest BCUT2D eigenvalue weighted by Gasteiger charge is 2.45. The number of nitrogens with zero attached hydrogens (tertiary/aromatic N) is 9. The van der Waals surface area contributed by atoms with E-state index in [1.807, 2.05) is 53.2 Å². The number of aliphatic carboxylic acids is 2. The van der Waals surface area contributed by atoms with E-state index in [1.54, 1.807) is 17.3 Å². The number of rotatable bonds is 17. The number of aliphatic imine (C=N–C) groups is 2. The molecule has 4 fully saturated rings. The molecular formula is C58H70BrCl2F2N11O10S2. The fraction of sp³-hybridized carbons (Fsp3) is 0.483. The first-order chi connectivity index (χ1) is 40.4. The first kappa shape index (κ1) is 66.9. The average Bonchev–Trinajstić information content (AvgIpc) is 1.58. The van der Waals surface area contributed by atoms with Gasteiger partial charge >= 0.3 is 35.9 Å². The molecule has 4 atom stereocenters. The smallest absolute Gasteiger partial charge is 0.338 e. The van der Waals surface area contributed by atoms with Crippen LogP contribution >= 0.6 is 61.8 Å². The van der Waals surface area contributed by atoms with Crippen molar-refractivity contribution in [3.05, 3.63) is 125 Å². The molecule has 2 aromatic carbocycles. The van der Waals surface area contributed by atoms with Crippen molar-refractivity contribution in [2.75, 3.05) is 78.5 Å². The number of carbonyl (C=O) groups is 6. The van der Waals surface area contributed by atoms with E-state index in [9.17, 15) is 42.7 Å². The van der Waals surface area contributed by atoms with Gasteiger partial charge in [0.2, 0.25) is 0 Å². The number of piperidine rings is 1. The Morgan fingerprint density at radius 3 is 1.59 bits per heavy atom. The quantitative estimate of drug-likeness (QED) is 0.0567. The summed E-state index contributed by atoms with van der Waals surface area (Å²) in [6.07, 6.45) is 6.75. The van der Waals surface area contributed by atoms with Crippen LogP contribution in [0.25, 0.3) is 0 Å². The first-order valence-corrected chi connectivity index (χ1v) is 30.9. The third-order valence-corrected chi connectivity index (χ3v) is 17.7. The van der Waals surface area contributed by atoms with Crippen LogP contribution in [0, 0.1) is 22.5 Å². The summed E-state index contributed by atoms with van der Waals surface area (Å²) in [5.41, 5.74) is 1.76. The number of aromatic nitrogens is 2. The summed E-state index contributed by atoms with van der Waals surface area (Å²) >= 11 is 18.8. The molecule has 6 aliphatic rings.